The normalized spacial score (nSPS) is 21.9. The number of aliphatic hydroxyl groups is 1. The molecule has 186 valence electrons. The van der Waals surface area contributed by atoms with Crippen LogP contribution in [0.1, 0.15) is 54.6 Å². The number of hydrogen-bond acceptors (Lipinski definition) is 5. The lowest BCUT2D eigenvalue weighted by molar-refractivity contribution is -0.132. The Kier molecular flexibility index (Phi) is 7.24. The van der Waals surface area contributed by atoms with Gasteiger partial charge in [-0.05, 0) is 37.0 Å². The van der Waals surface area contributed by atoms with Crippen molar-refractivity contribution in [1.29, 1.82) is 0 Å². The monoisotopic (exact) mass is 495 g/mol. The van der Waals surface area contributed by atoms with Crippen LogP contribution < -0.4 is 10.6 Å². The molecule has 4 atom stereocenters. The van der Waals surface area contributed by atoms with E-state index < -0.39 is 22.9 Å². The molecule has 1 fully saturated rings. The third-order valence-electron chi connectivity index (χ3n) is 6.79. The molecule has 2 heterocycles. The van der Waals surface area contributed by atoms with Gasteiger partial charge in [-0.15, -0.1) is 11.8 Å². The van der Waals surface area contributed by atoms with E-state index in [0.717, 1.165) is 11.1 Å². The molecule has 4 rings (SSSR count). The van der Waals surface area contributed by atoms with Crippen molar-refractivity contribution in [3.05, 3.63) is 71.3 Å². The second kappa shape index (κ2) is 10.0. The van der Waals surface area contributed by atoms with Crippen LogP contribution in [0.3, 0.4) is 0 Å². The van der Waals surface area contributed by atoms with E-state index in [9.17, 15) is 19.5 Å². The van der Waals surface area contributed by atoms with Crippen LogP contribution in [0.5, 0.6) is 0 Å². The van der Waals surface area contributed by atoms with Gasteiger partial charge in [-0.2, -0.15) is 0 Å². The summed E-state index contributed by atoms with van der Waals surface area (Å²) in [4.78, 5) is 42.0. The van der Waals surface area contributed by atoms with Gasteiger partial charge >= 0.3 is 0 Å². The first-order valence-corrected chi connectivity index (χ1v) is 12.9. The maximum Gasteiger partial charge on any atom is 0.256 e. The Balaban J connectivity index is 1.59. The third-order valence-corrected chi connectivity index (χ3v) is 8.32. The summed E-state index contributed by atoms with van der Waals surface area (Å²) in [6, 6.07) is 15.0. The lowest BCUT2D eigenvalue weighted by Crippen LogP contribution is -2.58. The number of fused-ring (bicyclic) bond motifs is 3. The molecule has 2 aromatic carbocycles. The second-order valence-electron chi connectivity index (χ2n) is 10.1. The van der Waals surface area contributed by atoms with Gasteiger partial charge in [0.25, 0.3) is 5.91 Å². The predicted molar refractivity (Wildman–Crippen MR) is 137 cm³/mol. The van der Waals surface area contributed by atoms with Crippen molar-refractivity contribution >= 4 is 29.5 Å². The fourth-order valence-corrected chi connectivity index (χ4v) is 6.41. The van der Waals surface area contributed by atoms with Gasteiger partial charge in [-0.3, -0.25) is 14.4 Å². The number of hydrogen-bond donors (Lipinski definition) is 3. The minimum Gasteiger partial charge on any atom is -0.394 e. The smallest absolute Gasteiger partial charge is 0.256 e. The van der Waals surface area contributed by atoms with E-state index in [-0.39, 0.29) is 35.6 Å². The van der Waals surface area contributed by atoms with E-state index in [1.54, 1.807) is 22.7 Å². The van der Waals surface area contributed by atoms with E-state index >= 15 is 0 Å². The Bertz CT molecular complexity index is 1100. The first-order valence-electron chi connectivity index (χ1n) is 12.0. The highest BCUT2D eigenvalue weighted by Gasteiger charge is 2.57. The number of benzene rings is 2. The Morgan fingerprint density at radius 3 is 2.37 bits per heavy atom. The zero-order valence-corrected chi connectivity index (χ0v) is 21.3. The SMILES string of the molecule is CC(C)C(CO)NC(=O)C(Cc1ccccc1)NC(=O)C1N2C(=O)c3ccccc3C2SC1(C)C. The van der Waals surface area contributed by atoms with Crippen molar-refractivity contribution in [2.24, 2.45) is 5.92 Å². The summed E-state index contributed by atoms with van der Waals surface area (Å²) in [6.45, 7) is 7.57. The van der Waals surface area contributed by atoms with Crippen LogP contribution >= 0.6 is 11.8 Å². The highest BCUT2D eigenvalue weighted by Crippen LogP contribution is 2.56. The van der Waals surface area contributed by atoms with Crippen LogP contribution in [0, 0.1) is 5.92 Å². The molecular formula is C27H33N3O4S. The molecule has 0 bridgehead atoms. The van der Waals surface area contributed by atoms with Crippen molar-refractivity contribution in [2.45, 2.75) is 62.4 Å². The Labute approximate surface area is 210 Å². The maximum absolute atomic E-state index is 13.7. The van der Waals surface area contributed by atoms with Crippen LogP contribution in [-0.4, -0.2) is 57.2 Å². The number of thioether (sulfide) groups is 1. The van der Waals surface area contributed by atoms with Gasteiger partial charge < -0.3 is 20.6 Å². The molecule has 3 amide bonds. The highest BCUT2D eigenvalue weighted by molar-refractivity contribution is 8.01. The molecule has 2 aliphatic rings. The average molecular weight is 496 g/mol. The molecule has 0 spiro atoms. The van der Waals surface area contributed by atoms with Gasteiger partial charge in [0.2, 0.25) is 11.8 Å². The predicted octanol–water partition coefficient (Wildman–Crippen LogP) is 2.90. The standard InChI is InChI=1S/C27H33N3O4S/c1-16(2)21(15-31)29-23(32)20(14-17-10-6-5-7-11-17)28-24(33)22-27(3,4)35-26-19-13-9-8-12-18(19)25(34)30(22)26/h5-13,16,20-22,26,31H,14-15H2,1-4H3,(H,28,33)(H,29,32). The molecule has 1 saturated heterocycles. The average Bonchev–Trinajstić information content (AvgIpc) is 3.26. The molecule has 0 aromatic heterocycles. The Hall–Kier alpha value is -2.84. The minimum atomic E-state index is -0.849. The van der Waals surface area contributed by atoms with Gasteiger partial charge in [0.1, 0.15) is 17.5 Å². The number of amides is 3. The molecule has 8 heteroatoms. The summed E-state index contributed by atoms with van der Waals surface area (Å²) < 4.78 is -0.544. The first kappa shape index (κ1) is 25.3. The van der Waals surface area contributed by atoms with Gasteiger partial charge in [0.05, 0.1) is 12.6 Å². The summed E-state index contributed by atoms with van der Waals surface area (Å²) in [5.74, 6) is -0.838. The van der Waals surface area contributed by atoms with Crippen LogP contribution in [0.15, 0.2) is 54.6 Å². The fraction of sp³-hybridized carbons (Fsp3) is 0.444. The van der Waals surface area contributed by atoms with E-state index in [1.165, 1.54) is 0 Å². The highest BCUT2D eigenvalue weighted by atomic mass is 32.2. The number of carbonyl (C=O) groups excluding carboxylic acids is 3. The molecule has 2 aliphatic heterocycles. The van der Waals surface area contributed by atoms with Crippen LogP contribution in [0.4, 0.5) is 0 Å². The summed E-state index contributed by atoms with van der Waals surface area (Å²) in [5.41, 5.74) is 2.45. The van der Waals surface area contributed by atoms with E-state index in [4.69, 9.17) is 0 Å². The lowest BCUT2D eigenvalue weighted by atomic mass is 9.98. The van der Waals surface area contributed by atoms with Crippen LogP contribution in [-0.2, 0) is 16.0 Å². The van der Waals surface area contributed by atoms with Crippen LogP contribution in [0.2, 0.25) is 0 Å². The number of nitrogens with zero attached hydrogens (tertiary/aromatic N) is 1. The van der Waals surface area contributed by atoms with Gasteiger partial charge in [-0.1, -0.05) is 62.4 Å². The lowest BCUT2D eigenvalue weighted by Gasteiger charge is -2.31. The largest absolute Gasteiger partial charge is 0.394 e. The molecule has 7 nitrogen and oxygen atoms in total. The maximum atomic E-state index is 13.7. The topological polar surface area (TPSA) is 98.7 Å². The molecule has 4 unspecified atom stereocenters. The van der Waals surface area contributed by atoms with Crippen molar-refractivity contribution < 1.29 is 19.5 Å². The van der Waals surface area contributed by atoms with E-state index in [1.807, 2.05) is 76.2 Å². The van der Waals surface area contributed by atoms with Crippen molar-refractivity contribution in [3.8, 4) is 0 Å². The van der Waals surface area contributed by atoms with Gasteiger partial charge in [0.15, 0.2) is 0 Å². The molecule has 0 saturated carbocycles. The summed E-state index contributed by atoms with van der Waals surface area (Å²) in [7, 11) is 0. The van der Waals surface area contributed by atoms with Gasteiger partial charge in [0, 0.05) is 16.7 Å². The zero-order valence-electron chi connectivity index (χ0n) is 20.5. The summed E-state index contributed by atoms with van der Waals surface area (Å²) >= 11 is 1.59. The summed E-state index contributed by atoms with van der Waals surface area (Å²) in [5, 5.41) is 15.3. The second-order valence-corrected chi connectivity index (χ2v) is 11.8. The molecule has 2 aromatic rings. The number of carbonyl (C=O) groups is 3. The molecule has 3 N–H and O–H groups in total. The third kappa shape index (κ3) is 4.95. The number of aliphatic hydroxyl groups excluding tert-OH is 1. The molecule has 35 heavy (non-hydrogen) atoms. The Morgan fingerprint density at radius 1 is 1.06 bits per heavy atom. The fourth-order valence-electron chi connectivity index (χ4n) is 4.82. The molecule has 0 radical (unpaired) electrons. The molecule has 0 aliphatic carbocycles. The van der Waals surface area contributed by atoms with Crippen molar-refractivity contribution in [2.75, 3.05) is 6.61 Å². The van der Waals surface area contributed by atoms with Crippen molar-refractivity contribution in [1.82, 2.24) is 15.5 Å². The quantitative estimate of drug-likeness (QED) is 0.523. The van der Waals surface area contributed by atoms with Crippen LogP contribution in [0.25, 0.3) is 0 Å². The minimum absolute atomic E-state index is 0.0312. The Morgan fingerprint density at radius 2 is 1.71 bits per heavy atom. The van der Waals surface area contributed by atoms with E-state index in [2.05, 4.69) is 10.6 Å². The molecular weight excluding hydrogens is 462 g/mol. The summed E-state index contributed by atoms with van der Waals surface area (Å²) in [6.07, 6.45) is 0.298. The zero-order chi connectivity index (χ0) is 25.3. The van der Waals surface area contributed by atoms with Gasteiger partial charge in [-0.25, -0.2) is 0 Å². The first-order chi connectivity index (χ1) is 16.6. The number of nitrogens with one attached hydrogen (secondary N) is 2. The number of rotatable bonds is 8. The van der Waals surface area contributed by atoms with E-state index in [0.29, 0.717) is 12.0 Å². The van der Waals surface area contributed by atoms with Crippen molar-refractivity contribution in [3.63, 3.8) is 0 Å².